The lowest BCUT2D eigenvalue weighted by molar-refractivity contribution is 0.0954. The lowest BCUT2D eigenvalue weighted by Gasteiger charge is -2.18. The number of urea groups is 1. The van der Waals surface area contributed by atoms with Gasteiger partial charge in [0.1, 0.15) is 4.88 Å². The van der Waals surface area contributed by atoms with Crippen molar-refractivity contribution >= 4 is 40.0 Å². The molecule has 1 fully saturated rings. The van der Waals surface area contributed by atoms with Crippen LogP contribution in [0.3, 0.4) is 0 Å². The minimum Gasteiger partial charge on any atom is -0.347 e. The fraction of sp³-hybridized carbons (Fsp3) is 0.227. The average molecular weight is 441 g/mol. The molecule has 2 heterocycles. The summed E-state index contributed by atoms with van der Waals surface area (Å²) in [5, 5.41) is 4.04. The third-order valence-electron chi connectivity index (χ3n) is 5.01. The molecule has 0 aliphatic carbocycles. The first-order chi connectivity index (χ1) is 14.5. The Morgan fingerprint density at radius 3 is 2.83 bits per heavy atom. The van der Waals surface area contributed by atoms with Gasteiger partial charge in [-0.2, -0.15) is 0 Å². The van der Waals surface area contributed by atoms with Crippen LogP contribution in [0.25, 0.3) is 0 Å². The van der Waals surface area contributed by atoms with E-state index >= 15 is 0 Å². The molecule has 0 saturated carbocycles. The molecule has 4 rings (SSSR count). The molecule has 0 radical (unpaired) electrons. The zero-order valence-corrected chi connectivity index (χ0v) is 18.0. The second-order valence-electron chi connectivity index (χ2n) is 7.10. The summed E-state index contributed by atoms with van der Waals surface area (Å²) in [5.41, 5.74) is 3.21. The largest absolute Gasteiger partial charge is 0.347 e. The number of carbonyl (C=O) groups is 2. The predicted molar refractivity (Wildman–Crippen MR) is 119 cm³/mol. The lowest BCUT2D eigenvalue weighted by atomic mass is 10.1. The number of aryl methyl sites for hydroxylation is 1. The highest BCUT2D eigenvalue weighted by atomic mass is 35.5. The zero-order chi connectivity index (χ0) is 21.1. The molecule has 154 valence electrons. The Morgan fingerprint density at radius 1 is 1.20 bits per heavy atom. The Morgan fingerprint density at radius 2 is 2.03 bits per heavy atom. The average Bonchev–Trinajstić information content (AvgIpc) is 3.35. The van der Waals surface area contributed by atoms with E-state index in [0.29, 0.717) is 41.2 Å². The fourth-order valence-electron chi connectivity index (χ4n) is 3.31. The van der Waals surface area contributed by atoms with Crippen LogP contribution in [0, 0.1) is 6.92 Å². The van der Waals surface area contributed by atoms with Crippen LogP contribution in [0.4, 0.5) is 9.93 Å². The Balaban J connectivity index is 1.38. The Bertz CT molecular complexity index is 1080. The number of rotatable bonds is 6. The molecule has 3 aromatic rings. The molecule has 0 atom stereocenters. The molecule has 3 amide bonds. The van der Waals surface area contributed by atoms with Crippen molar-refractivity contribution in [3.63, 3.8) is 0 Å². The first-order valence-electron chi connectivity index (χ1n) is 9.60. The van der Waals surface area contributed by atoms with Gasteiger partial charge in [0.2, 0.25) is 0 Å². The molecule has 0 bridgehead atoms. The molecule has 0 unspecified atom stereocenters. The van der Waals surface area contributed by atoms with Crippen molar-refractivity contribution in [1.29, 1.82) is 0 Å². The number of hydrogen-bond acceptors (Lipinski definition) is 4. The second kappa shape index (κ2) is 8.85. The second-order valence-corrected chi connectivity index (χ2v) is 8.55. The van der Waals surface area contributed by atoms with E-state index in [9.17, 15) is 9.59 Å². The van der Waals surface area contributed by atoms with E-state index in [-0.39, 0.29) is 11.9 Å². The van der Waals surface area contributed by atoms with Crippen molar-refractivity contribution in [3.05, 3.63) is 81.3 Å². The monoisotopic (exact) mass is 440 g/mol. The normalized spacial score (nSPS) is 13.7. The highest BCUT2D eigenvalue weighted by Crippen LogP contribution is 2.27. The van der Waals surface area contributed by atoms with Crippen LogP contribution in [0.5, 0.6) is 0 Å². The number of anilines is 1. The third kappa shape index (κ3) is 4.47. The summed E-state index contributed by atoms with van der Waals surface area (Å²) < 4.78 is 0. The van der Waals surface area contributed by atoms with Gasteiger partial charge < -0.3 is 10.2 Å². The topological polar surface area (TPSA) is 65.5 Å². The molecule has 2 aromatic carbocycles. The van der Waals surface area contributed by atoms with E-state index in [1.807, 2.05) is 54.3 Å². The molecular formula is C22H21ClN4O2S. The summed E-state index contributed by atoms with van der Waals surface area (Å²) >= 11 is 7.20. The van der Waals surface area contributed by atoms with Gasteiger partial charge in [0, 0.05) is 31.2 Å². The van der Waals surface area contributed by atoms with Gasteiger partial charge in [-0.05, 0) is 35.7 Å². The highest BCUT2D eigenvalue weighted by molar-refractivity contribution is 7.17. The van der Waals surface area contributed by atoms with Crippen LogP contribution in [-0.2, 0) is 13.1 Å². The molecule has 1 saturated heterocycles. The standard InChI is InChI=1S/C22H21ClN4O2S/c1-15-5-2-3-7-17(15)14-26-9-10-27(22(26)29)21-25-13-19(30-21)20(28)24-12-16-6-4-8-18(23)11-16/h2-8,11,13H,9-10,12,14H2,1H3,(H,24,28). The quantitative estimate of drug-likeness (QED) is 0.614. The minimum atomic E-state index is -0.220. The van der Waals surface area contributed by atoms with E-state index in [1.54, 1.807) is 11.0 Å². The minimum absolute atomic E-state index is 0.0847. The Hall–Kier alpha value is -2.90. The molecule has 6 nitrogen and oxygen atoms in total. The van der Waals surface area contributed by atoms with Gasteiger partial charge in [-0.25, -0.2) is 9.78 Å². The molecule has 1 N–H and O–H groups in total. The van der Waals surface area contributed by atoms with Crippen molar-refractivity contribution in [3.8, 4) is 0 Å². The number of nitrogens with one attached hydrogen (secondary N) is 1. The number of nitrogens with zero attached hydrogens (tertiary/aromatic N) is 3. The van der Waals surface area contributed by atoms with E-state index in [2.05, 4.69) is 10.3 Å². The molecular weight excluding hydrogens is 420 g/mol. The van der Waals surface area contributed by atoms with E-state index in [4.69, 9.17) is 11.6 Å². The SMILES string of the molecule is Cc1ccccc1CN1CCN(c2ncc(C(=O)NCc3cccc(Cl)c3)s2)C1=O. The number of aromatic nitrogens is 1. The molecule has 0 spiro atoms. The van der Waals surface area contributed by atoms with Crippen LogP contribution >= 0.6 is 22.9 Å². The smallest absolute Gasteiger partial charge is 0.326 e. The number of hydrogen-bond donors (Lipinski definition) is 1. The van der Waals surface area contributed by atoms with Crippen LogP contribution in [0.1, 0.15) is 26.4 Å². The van der Waals surface area contributed by atoms with Gasteiger partial charge in [-0.1, -0.05) is 59.3 Å². The van der Waals surface area contributed by atoms with Crippen LogP contribution in [0.15, 0.2) is 54.7 Å². The van der Waals surface area contributed by atoms with Gasteiger partial charge >= 0.3 is 6.03 Å². The highest BCUT2D eigenvalue weighted by Gasteiger charge is 2.32. The van der Waals surface area contributed by atoms with Gasteiger partial charge in [-0.3, -0.25) is 9.69 Å². The summed E-state index contributed by atoms with van der Waals surface area (Å²) in [4.78, 5) is 33.5. The number of thiazole rings is 1. The summed E-state index contributed by atoms with van der Waals surface area (Å²) in [6.45, 7) is 4.17. The lowest BCUT2D eigenvalue weighted by Crippen LogP contribution is -2.31. The van der Waals surface area contributed by atoms with Crippen molar-refractivity contribution in [1.82, 2.24) is 15.2 Å². The maximum Gasteiger partial charge on any atom is 0.326 e. The maximum atomic E-state index is 12.8. The van der Waals surface area contributed by atoms with Crippen molar-refractivity contribution in [2.45, 2.75) is 20.0 Å². The number of carbonyl (C=O) groups excluding carboxylic acids is 2. The van der Waals surface area contributed by atoms with Gasteiger partial charge in [-0.15, -0.1) is 0 Å². The summed E-state index contributed by atoms with van der Waals surface area (Å²) in [6, 6.07) is 15.3. The number of benzene rings is 2. The van der Waals surface area contributed by atoms with Crippen molar-refractivity contribution in [2.75, 3.05) is 18.0 Å². The number of amides is 3. The summed E-state index contributed by atoms with van der Waals surface area (Å²) in [7, 11) is 0. The van der Waals surface area contributed by atoms with Gasteiger partial charge in [0.15, 0.2) is 5.13 Å². The molecule has 30 heavy (non-hydrogen) atoms. The predicted octanol–water partition coefficient (Wildman–Crippen LogP) is 4.48. The van der Waals surface area contributed by atoms with E-state index in [1.165, 1.54) is 17.5 Å². The first-order valence-corrected chi connectivity index (χ1v) is 10.8. The Kier molecular flexibility index (Phi) is 6.01. The molecule has 1 aromatic heterocycles. The van der Waals surface area contributed by atoms with E-state index in [0.717, 1.165) is 16.7 Å². The summed E-state index contributed by atoms with van der Waals surface area (Å²) in [5.74, 6) is -0.220. The molecule has 1 aliphatic heterocycles. The van der Waals surface area contributed by atoms with Gasteiger partial charge in [0.25, 0.3) is 5.91 Å². The van der Waals surface area contributed by atoms with Crippen LogP contribution in [0.2, 0.25) is 5.02 Å². The maximum absolute atomic E-state index is 12.8. The van der Waals surface area contributed by atoms with Crippen molar-refractivity contribution in [2.24, 2.45) is 0 Å². The molecule has 8 heteroatoms. The third-order valence-corrected chi connectivity index (χ3v) is 6.26. The number of halogens is 1. The Labute approximate surface area is 184 Å². The van der Waals surface area contributed by atoms with Gasteiger partial charge in [0.05, 0.1) is 6.20 Å². The zero-order valence-electron chi connectivity index (χ0n) is 16.5. The van der Waals surface area contributed by atoms with E-state index < -0.39 is 0 Å². The first kappa shape index (κ1) is 20.4. The van der Waals surface area contributed by atoms with Crippen LogP contribution < -0.4 is 10.2 Å². The molecule has 1 aliphatic rings. The fourth-order valence-corrected chi connectivity index (χ4v) is 4.38. The summed E-state index contributed by atoms with van der Waals surface area (Å²) in [6.07, 6.45) is 1.52. The van der Waals surface area contributed by atoms with Crippen LogP contribution in [-0.4, -0.2) is 34.9 Å². The van der Waals surface area contributed by atoms with Crippen molar-refractivity contribution < 1.29 is 9.59 Å².